The van der Waals surface area contributed by atoms with Gasteiger partial charge in [0.05, 0.1) is 17.1 Å². The van der Waals surface area contributed by atoms with Gasteiger partial charge in [-0.2, -0.15) is 0 Å². The van der Waals surface area contributed by atoms with E-state index in [-0.39, 0.29) is 0 Å². The maximum atomic E-state index is 2.37. The van der Waals surface area contributed by atoms with Crippen LogP contribution >= 0.6 is 0 Å². The first-order valence-electron chi connectivity index (χ1n) is 21.4. The minimum atomic E-state index is 1.02. The lowest BCUT2D eigenvalue weighted by atomic mass is 10.0. The molecule has 0 N–H and O–H groups in total. The molecule has 0 aromatic heterocycles. The average Bonchev–Trinajstić information content (AvgIpc) is 3.37. The fourth-order valence-corrected chi connectivity index (χ4v) is 8.34. The maximum Gasteiger partial charge on any atom is 0.0503 e. The van der Waals surface area contributed by atoms with Gasteiger partial charge in [0.1, 0.15) is 0 Å². The summed E-state index contributed by atoms with van der Waals surface area (Å²) in [5.74, 6) is 0. The first-order valence-corrected chi connectivity index (χ1v) is 21.4. The molecule has 10 aromatic rings. The molecule has 3 heteroatoms. The number of benzene rings is 10. The lowest BCUT2D eigenvalue weighted by molar-refractivity contribution is 1.22. The SMILES string of the molecule is c1ccc(-c2ccc(N(c3ccccc3)c3cc(N(c4ccccc4)c4ccc(-c5ccccc5)cc4)cc(N(c4ccccc4)c4ccc(-c5ccccc5)cc4)c3)cc2)cc1. The molecule has 0 amide bonds. The van der Waals surface area contributed by atoms with Crippen LogP contribution in [0.5, 0.6) is 0 Å². The summed E-state index contributed by atoms with van der Waals surface area (Å²) >= 11 is 0. The zero-order valence-corrected chi connectivity index (χ0v) is 34.8. The van der Waals surface area contributed by atoms with Gasteiger partial charge < -0.3 is 14.7 Å². The van der Waals surface area contributed by atoms with Crippen molar-refractivity contribution in [1.82, 2.24) is 0 Å². The van der Waals surface area contributed by atoms with Crippen molar-refractivity contribution >= 4 is 51.2 Å². The Morgan fingerprint density at radius 1 is 0.143 bits per heavy atom. The number of para-hydroxylation sites is 3. The monoisotopic (exact) mass is 807 g/mol. The highest BCUT2D eigenvalue weighted by Gasteiger charge is 2.22. The highest BCUT2D eigenvalue weighted by molar-refractivity contribution is 5.90. The van der Waals surface area contributed by atoms with Crippen molar-refractivity contribution in [1.29, 1.82) is 0 Å². The molecule has 0 fully saturated rings. The van der Waals surface area contributed by atoms with Gasteiger partial charge in [0.2, 0.25) is 0 Å². The number of rotatable bonds is 12. The molecule has 0 aliphatic carbocycles. The molecule has 10 aromatic carbocycles. The average molecular weight is 808 g/mol. The van der Waals surface area contributed by atoms with Crippen LogP contribution in [0.2, 0.25) is 0 Å². The van der Waals surface area contributed by atoms with Crippen LogP contribution in [0.25, 0.3) is 33.4 Å². The van der Waals surface area contributed by atoms with Crippen LogP contribution in [0.1, 0.15) is 0 Å². The lowest BCUT2D eigenvalue weighted by Crippen LogP contribution is -2.16. The van der Waals surface area contributed by atoms with E-state index in [9.17, 15) is 0 Å². The van der Waals surface area contributed by atoms with E-state index in [1.165, 1.54) is 33.4 Å². The lowest BCUT2D eigenvalue weighted by Gasteiger charge is -2.33. The molecule has 10 rings (SSSR count). The second-order valence-electron chi connectivity index (χ2n) is 15.5. The molecule has 0 aliphatic rings. The standard InChI is InChI=1S/C60H45N3/c1-7-19-46(20-8-1)49-31-37-55(38-32-49)61(52-25-13-4-14-26-52)58-43-59(62(53-27-15-5-16-28-53)56-39-33-50(34-40-56)47-21-9-2-10-22-47)45-60(44-58)63(54-29-17-6-18-30-54)57-41-35-51(36-42-57)48-23-11-3-12-24-48/h1-45H. The Morgan fingerprint density at radius 3 is 0.540 bits per heavy atom. The summed E-state index contributed by atoms with van der Waals surface area (Å²) in [6.07, 6.45) is 0. The third kappa shape index (κ3) is 8.50. The number of hydrogen-bond donors (Lipinski definition) is 0. The third-order valence-corrected chi connectivity index (χ3v) is 11.4. The molecule has 63 heavy (non-hydrogen) atoms. The topological polar surface area (TPSA) is 9.72 Å². The van der Waals surface area contributed by atoms with E-state index >= 15 is 0 Å². The maximum absolute atomic E-state index is 2.37. The molecule has 0 unspecified atom stereocenters. The molecule has 0 atom stereocenters. The van der Waals surface area contributed by atoms with Crippen molar-refractivity contribution in [3.8, 4) is 33.4 Å². The van der Waals surface area contributed by atoms with Crippen molar-refractivity contribution < 1.29 is 0 Å². The fourth-order valence-electron chi connectivity index (χ4n) is 8.34. The first kappa shape index (κ1) is 38.8. The molecule has 0 heterocycles. The Bertz CT molecular complexity index is 2650. The predicted molar refractivity (Wildman–Crippen MR) is 267 cm³/mol. The molecule has 3 nitrogen and oxygen atoms in total. The Balaban J connectivity index is 1.19. The van der Waals surface area contributed by atoms with E-state index in [0.717, 1.165) is 51.2 Å². The van der Waals surface area contributed by atoms with Crippen LogP contribution in [-0.4, -0.2) is 0 Å². The quantitative estimate of drug-likeness (QED) is 0.122. The van der Waals surface area contributed by atoms with E-state index in [1.807, 2.05) is 0 Å². The first-order chi connectivity index (χ1) is 31.2. The molecule has 0 radical (unpaired) electrons. The summed E-state index contributed by atoms with van der Waals surface area (Å²) in [4.78, 5) is 7.10. The van der Waals surface area contributed by atoms with Crippen molar-refractivity contribution in [2.24, 2.45) is 0 Å². The van der Waals surface area contributed by atoms with Crippen molar-refractivity contribution in [2.75, 3.05) is 14.7 Å². The largest absolute Gasteiger partial charge is 0.310 e. The summed E-state index contributed by atoms with van der Waals surface area (Å²) in [6, 6.07) is 97.4. The van der Waals surface area contributed by atoms with Crippen LogP contribution in [0, 0.1) is 0 Å². The summed E-state index contributed by atoms with van der Waals surface area (Å²) in [6.45, 7) is 0. The highest BCUT2D eigenvalue weighted by Crippen LogP contribution is 2.46. The van der Waals surface area contributed by atoms with Crippen LogP contribution < -0.4 is 14.7 Å². The van der Waals surface area contributed by atoms with Gasteiger partial charge >= 0.3 is 0 Å². The Labute approximate surface area is 370 Å². The van der Waals surface area contributed by atoms with Crippen LogP contribution in [0.3, 0.4) is 0 Å². The van der Waals surface area contributed by atoms with Gasteiger partial charge in [-0.25, -0.2) is 0 Å². The zero-order chi connectivity index (χ0) is 42.2. The minimum absolute atomic E-state index is 1.02. The van der Waals surface area contributed by atoms with E-state index in [2.05, 4.69) is 288 Å². The summed E-state index contributed by atoms with van der Waals surface area (Å²) in [5, 5.41) is 0. The molecule has 0 saturated heterocycles. The highest BCUT2D eigenvalue weighted by atomic mass is 15.2. The van der Waals surface area contributed by atoms with E-state index < -0.39 is 0 Å². The van der Waals surface area contributed by atoms with Gasteiger partial charge in [-0.15, -0.1) is 0 Å². The molecule has 0 spiro atoms. The van der Waals surface area contributed by atoms with E-state index in [0.29, 0.717) is 0 Å². The molecular formula is C60H45N3. The van der Waals surface area contributed by atoms with Gasteiger partial charge in [0.15, 0.2) is 0 Å². The molecular weight excluding hydrogens is 763 g/mol. The van der Waals surface area contributed by atoms with Gasteiger partial charge in [0.25, 0.3) is 0 Å². The zero-order valence-electron chi connectivity index (χ0n) is 34.8. The van der Waals surface area contributed by atoms with Crippen molar-refractivity contribution in [3.63, 3.8) is 0 Å². The van der Waals surface area contributed by atoms with Gasteiger partial charge in [0, 0.05) is 34.1 Å². The van der Waals surface area contributed by atoms with Gasteiger partial charge in [-0.3, -0.25) is 0 Å². The summed E-state index contributed by atoms with van der Waals surface area (Å²) in [5.41, 5.74) is 16.5. The Hall–Kier alpha value is -8.40. The summed E-state index contributed by atoms with van der Waals surface area (Å²) < 4.78 is 0. The normalized spacial score (nSPS) is 10.9. The van der Waals surface area contributed by atoms with Crippen molar-refractivity contribution in [2.45, 2.75) is 0 Å². The Kier molecular flexibility index (Phi) is 11.1. The third-order valence-electron chi connectivity index (χ3n) is 11.4. The second kappa shape index (κ2) is 18.1. The van der Waals surface area contributed by atoms with E-state index in [1.54, 1.807) is 0 Å². The molecule has 0 saturated carbocycles. The predicted octanol–water partition coefficient (Wildman–Crippen LogP) is 17.1. The summed E-state index contributed by atoms with van der Waals surface area (Å²) in [7, 11) is 0. The Morgan fingerprint density at radius 2 is 0.317 bits per heavy atom. The second-order valence-corrected chi connectivity index (χ2v) is 15.5. The van der Waals surface area contributed by atoms with Crippen LogP contribution in [0.4, 0.5) is 51.2 Å². The fraction of sp³-hybridized carbons (Fsp3) is 0. The van der Waals surface area contributed by atoms with Crippen LogP contribution in [0.15, 0.2) is 273 Å². The smallest absolute Gasteiger partial charge is 0.0503 e. The molecule has 300 valence electrons. The number of anilines is 9. The van der Waals surface area contributed by atoms with Crippen molar-refractivity contribution in [3.05, 3.63) is 273 Å². The van der Waals surface area contributed by atoms with E-state index in [4.69, 9.17) is 0 Å². The minimum Gasteiger partial charge on any atom is -0.310 e. The van der Waals surface area contributed by atoms with Gasteiger partial charge in [-0.05, 0) is 124 Å². The number of nitrogens with zero attached hydrogens (tertiary/aromatic N) is 3. The number of hydrogen-bond acceptors (Lipinski definition) is 3. The molecule has 0 bridgehead atoms. The van der Waals surface area contributed by atoms with Crippen LogP contribution in [-0.2, 0) is 0 Å². The molecule has 0 aliphatic heterocycles. The van der Waals surface area contributed by atoms with Gasteiger partial charge in [-0.1, -0.05) is 182 Å².